The van der Waals surface area contributed by atoms with Gasteiger partial charge in [0.25, 0.3) is 10.0 Å². The molecular formula is C22H28FN3O4S. The molecule has 1 aliphatic heterocycles. The van der Waals surface area contributed by atoms with Crippen LogP contribution in [-0.4, -0.2) is 58.8 Å². The predicted molar refractivity (Wildman–Crippen MR) is 116 cm³/mol. The van der Waals surface area contributed by atoms with E-state index in [9.17, 15) is 12.8 Å². The Balaban J connectivity index is 1.56. The molecule has 0 atom stereocenters. The number of hydrogen-bond acceptors (Lipinski definition) is 6. The number of nitrogens with zero attached hydrogens (tertiary/aromatic N) is 2. The molecule has 4 rings (SSSR count). The van der Waals surface area contributed by atoms with Gasteiger partial charge in [-0.05, 0) is 42.8 Å². The third kappa shape index (κ3) is 4.40. The molecule has 1 N–H and O–H groups in total. The van der Waals surface area contributed by atoms with Gasteiger partial charge in [-0.25, -0.2) is 17.8 Å². The number of methoxy groups -OCH3 is 2. The van der Waals surface area contributed by atoms with Crippen molar-refractivity contribution in [3.05, 3.63) is 47.2 Å². The first-order chi connectivity index (χ1) is 14.7. The molecule has 0 amide bonds. The van der Waals surface area contributed by atoms with Crippen LogP contribution in [0.4, 0.5) is 10.1 Å². The Hall–Kier alpha value is -2.23. The lowest BCUT2D eigenvalue weighted by Gasteiger charge is -2.40. The number of benzene rings is 1. The average Bonchev–Trinajstić information content (AvgIpc) is 2.91. The maximum atomic E-state index is 14.9. The summed E-state index contributed by atoms with van der Waals surface area (Å²) < 4.78 is 54.0. The Morgan fingerprint density at radius 3 is 2.48 bits per heavy atom. The minimum Gasteiger partial charge on any atom is -0.479 e. The second kappa shape index (κ2) is 8.37. The van der Waals surface area contributed by atoms with E-state index in [2.05, 4.69) is 21.7 Å². The summed E-state index contributed by atoms with van der Waals surface area (Å²) in [5, 5.41) is 0. The van der Waals surface area contributed by atoms with Crippen LogP contribution in [0.3, 0.4) is 0 Å². The van der Waals surface area contributed by atoms with E-state index >= 15 is 0 Å². The van der Waals surface area contributed by atoms with Crippen LogP contribution in [0.15, 0.2) is 35.2 Å². The van der Waals surface area contributed by atoms with Crippen molar-refractivity contribution in [3.8, 4) is 5.88 Å². The van der Waals surface area contributed by atoms with Crippen molar-refractivity contribution in [1.82, 2.24) is 9.88 Å². The summed E-state index contributed by atoms with van der Waals surface area (Å²) in [6.45, 7) is 1.77. The average molecular weight is 450 g/mol. The minimum atomic E-state index is -3.89. The van der Waals surface area contributed by atoms with Gasteiger partial charge in [-0.3, -0.25) is 4.72 Å². The maximum absolute atomic E-state index is 14.9. The van der Waals surface area contributed by atoms with E-state index in [1.54, 1.807) is 7.11 Å². The zero-order chi connectivity index (χ0) is 22.2. The highest BCUT2D eigenvalue weighted by molar-refractivity contribution is 7.92. The maximum Gasteiger partial charge on any atom is 0.262 e. The van der Waals surface area contributed by atoms with Crippen molar-refractivity contribution in [3.63, 3.8) is 0 Å². The highest BCUT2D eigenvalue weighted by Gasteiger charge is 2.46. The number of sulfonamides is 1. The van der Waals surface area contributed by atoms with Gasteiger partial charge in [0.15, 0.2) is 0 Å². The van der Waals surface area contributed by atoms with Gasteiger partial charge in [0.05, 0.1) is 18.1 Å². The van der Waals surface area contributed by atoms with Crippen molar-refractivity contribution >= 4 is 15.7 Å². The molecule has 1 saturated carbocycles. The summed E-state index contributed by atoms with van der Waals surface area (Å²) in [5.74, 6) is 0.242. The quantitative estimate of drug-likeness (QED) is 0.731. The van der Waals surface area contributed by atoms with E-state index in [1.165, 1.54) is 31.4 Å². The summed E-state index contributed by atoms with van der Waals surface area (Å²) in [6, 6.07) is 7.72. The van der Waals surface area contributed by atoms with Gasteiger partial charge in [0, 0.05) is 45.2 Å². The number of fused-ring (bicyclic) bond motifs is 1. The SMILES string of the molecule is COc1nc2c(cc1NS(=O)(=O)c1ccc(C3(F)CC(OC)C3)cc1)CCN(C)CC2. The van der Waals surface area contributed by atoms with E-state index < -0.39 is 15.7 Å². The standard InChI is InChI=1S/C22H28FN3O4S/c1-26-10-8-15-12-20(21(30-3)24-19(15)9-11-26)25-31(27,28)18-6-4-16(5-7-18)22(23)13-17(14-22)29-2/h4-7,12,17,25H,8-11,13-14H2,1-3H3. The topological polar surface area (TPSA) is 80.8 Å². The molecule has 0 radical (unpaired) electrons. The Kier molecular flexibility index (Phi) is 5.93. The van der Waals surface area contributed by atoms with Gasteiger partial charge >= 0.3 is 0 Å². The van der Waals surface area contributed by atoms with Crippen molar-refractivity contribution in [1.29, 1.82) is 0 Å². The largest absolute Gasteiger partial charge is 0.479 e. The number of nitrogens with one attached hydrogen (secondary N) is 1. The van der Waals surface area contributed by atoms with E-state index in [0.717, 1.165) is 37.2 Å². The lowest BCUT2D eigenvalue weighted by atomic mass is 9.74. The predicted octanol–water partition coefficient (Wildman–Crippen LogP) is 2.90. The van der Waals surface area contributed by atoms with Crippen LogP contribution in [0.25, 0.3) is 0 Å². The smallest absolute Gasteiger partial charge is 0.262 e. The number of likely N-dealkylation sites (N-methyl/N-ethyl adjacent to an activating group) is 1. The Bertz CT molecular complexity index is 1050. The molecule has 0 saturated heterocycles. The summed E-state index contributed by atoms with van der Waals surface area (Å²) in [7, 11) is 1.20. The molecule has 2 aliphatic rings. The second-order valence-corrected chi connectivity index (χ2v) is 10.00. The minimum absolute atomic E-state index is 0.0548. The number of ether oxygens (including phenoxy) is 2. The van der Waals surface area contributed by atoms with E-state index in [4.69, 9.17) is 9.47 Å². The Labute approximate surface area is 182 Å². The molecular weight excluding hydrogens is 421 g/mol. The normalized spacial score (nSPS) is 24.1. The summed E-state index contributed by atoms with van der Waals surface area (Å²) in [6.07, 6.45) is 2.03. The molecule has 168 valence electrons. The Morgan fingerprint density at radius 1 is 1.16 bits per heavy atom. The van der Waals surface area contributed by atoms with E-state index in [1.807, 2.05) is 6.07 Å². The lowest BCUT2D eigenvalue weighted by molar-refractivity contribution is -0.0822. The zero-order valence-electron chi connectivity index (χ0n) is 18.0. The molecule has 1 aliphatic carbocycles. The summed E-state index contributed by atoms with van der Waals surface area (Å²) in [5.41, 5.74) is 1.24. The highest BCUT2D eigenvalue weighted by atomic mass is 32.2. The number of hydrogen-bond donors (Lipinski definition) is 1. The van der Waals surface area contributed by atoms with Gasteiger partial charge in [-0.15, -0.1) is 0 Å². The van der Waals surface area contributed by atoms with Crippen LogP contribution >= 0.6 is 0 Å². The zero-order valence-corrected chi connectivity index (χ0v) is 18.8. The van der Waals surface area contributed by atoms with Crippen LogP contribution in [0.2, 0.25) is 0 Å². The van der Waals surface area contributed by atoms with Gasteiger partial charge in [-0.2, -0.15) is 0 Å². The fraction of sp³-hybridized carbons (Fsp3) is 0.500. The van der Waals surface area contributed by atoms with E-state index in [0.29, 0.717) is 11.3 Å². The highest BCUT2D eigenvalue weighted by Crippen LogP contribution is 2.46. The van der Waals surface area contributed by atoms with Gasteiger partial charge in [0.1, 0.15) is 11.4 Å². The number of rotatable bonds is 6. The molecule has 1 aromatic carbocycles. The van der Waals surface area contributed by atoms with Gasteiger partial charge < -0.3 is 14.4 Å². The number of halogens is 1. The molecule has 31 heavy (non-hydrogen) atoms. The third-order valence-corrected chi connectivity index (χ3v) is 7.59. The molecule has 9 heteroatoms. The van der Waals surface area contributed by atoms with Crippen molar-refractivity contribution in [2.24, 2.45) is 0 Å². The Morgan fingerprint density at radius 2 is 1.84 bits per heavy atom. The number of anilines is 1. The van der Waals surface area contributed by atoms with Crippen LogP contribution in [0.5, 0.6) is 5.88 Å². The number of alkyl halides is 1. The summed E-state index contributed by atoms with van der Waals surface area (Å²) >= 11 is 0. The molecule has 2 aromatic rings. The molecule has 0 spiro atoms. The molecule has 1 aromatic heterocycles. The van der Waals surface area contributed by atoms with Crippen LogP contribution in [0, 0.1) is 0 Å². The molecule has 0 bridgehead atoms. The fourth-order valence-electron chi connectivity index (χ4n) is 4.16. The van der Waals surface area contributed by atoms with Crippen molar-refractivity contribution in [2.45, 2.75) is 42.4 Å². The third-order valence-electron chi connectivity index (χ3n) is 6.20. The first-order valence-electron chi connectivity index (χ1n) is 10.3. The second-order valence-electron chi connectivity index (χ2n) is 8.32. The lowest BCUT2D eigenvalue weighted by Crippen LogP contribution is -2.42. The van der Waals surface area contributed by atoms with Crippen LogP contribution in [0.1, 0.15) is 29.7 Å². The molecule has 2 heterocycles. The van der Waals surface area contributed by atoms with Crippen LogP contribution < -0.4 is 9.46 Å². The number of aromatic nitrogens is 1. The monoisotopic (exact) mass is 449 g/mol. The molecule has 0 unspecified atom stereocenters. The summed E-state index contributed by atoms with van der Waals surface area (Å²) in [4.78, 5) is 6.82. The van der Waals surface area contributed by atoms with E-state index in [-0.39, 0.29) is 29.7 Å². The first kappa shape index (κ1) is 22.0. The van der Waals surface area contributed by atoms with Crippen molar-refractivity contribution in [2.75, 3.05) is 39.1 Å². The van der Waals surface area contributed by atoms with Crippen LogP contribution in [-0.2, 0) is 33.3 Å². The first-order valence-corrected chi connectivity index (χ1v) is 11.8. The molecule has 7 nitrogen and oxygen atoms in total. The van der Waals surface area contributed by atoms with Gasteiger partial charge in [-0.1, -0.05) is 12.1 Å². The molecule has 1 fully saturated rings. The number of pyridine rings is 1. The fourth-order valence-corrected chi connectivity index (χ4v) is 5.20. The van der Waals surface area contributed by atoms with Gasteiger partial charge in [0.2, 0.25) is 5.88 Å². The van der Waals surface area contributed by atoms with Crippen molar-refractivity contribution < 1.29 is 22.3 Å².